The standard InChI is InChI=1S/C14H21BrN2O2/c1-4-16-14(19)9-17(5-2)10(3)12-8-11(15)6-7-13(12)18/h6-8,10,18H,4-5,9H2,1-3H3,(H,16,19). The molecule has 0 saturated carbocycles. The minimum atomic E-state index is -0.0230. The largest absolute Gasteiger partial charge is 0.508 e. The van der Waals surface area contributed by atoms with Crippen molar-refractivity contribution >= 4 is 21.8 Å². The van der Waals surface area contributed by atoms with E-state index >= 15 is 0 Å². The number of amides is 1. The number of nitrogens with one attached hydrogen (secondary N) is 1. The zero-order valence-electron chi connectivity index (χ0n) is 11.6. The maximum atomic E-state index is 11.7. The summed E-state index contributed by atoms with van der Waals surface area (Å²) in [5.74, 6) is 0.260. The number of benzene rings is 1. The van der Waals surface area contributed by atoms with Crippen molar-refractivity contribution in [2.45, 2.75) is 26.8 Å². The third-order valence-electron chi connectivity index (χ3n) is 3.11. The molecule has 0 aliphatic rings. The average Bonchev–Trinajstić information content (AvgIpc) is 2.38. The molecule has 1 amide bonds. The molecule has 0 aliphatic carbocycles. The van der Waals surface area contributed by atoms with Crippen molar-refractivity contribution in [3.8, 4) is 5.75 Å². The van der Waals surface area contributed by atoms with Gasteiger partial charge in [0.15, 0.2) is 0 Å². The minimum Gasteiger partial charge on any atom is -0.508 e. The van der Waals surface area contributed by atoms with Gasteiger partial charge in [0, 0.05) is 22.6 Å². The molecule has 0 radical (unpaired) electrons. The lowest BCUT2D eigenvalue weighted by atomic mass is 10.1. The number of aromatic hydroxyl groups is 1. The molecule has 0 fully saturated rings. The second-order valence-corrected chi connectivity index (χ2v) is 5.31. The molecule has 106 valence electrons. The van der Waals surface area contributed by atoms with Crippen molar-refractivity contribution in [3.05, 3.63) is 28.2 Å². The molecule has 2 N–H and O–H groups in total. The molecule has 1 aromatic rings. The topological polar surface area (TPSA) is 52.6 Å². The zero-order chi connectivity index (χ0) is 14.4. The fourth-order valence-electron chi connectivity index (χ4n) is 2.02. The third kappa shape index (κ3) is 4.51. The van der Waals surface area contributed by atoms with E-state index in [9.17, 15) is 9.90 Å². The maximum absolute atomic E-state index is 11.7. The molecule has 0 aromatic heterocycles. The van der Waals surface area contributed by atoms with Crippen LogP contribution in [0.3, 0.4) is 0 Å². The SMILES string of the molecule is CCNC(=O)CN(CC)C(C)c1cc(Br)ccc1O. The predicted octanol–water partition coefficient (Wildman–Crippen LogP) is 2.67. The summed E-state index contributed by atoms with van der Waals surface area (Å²) in [5.41, 5.74) is 0.820. The molecule has 0 saturated heterocycles. The van der Waals surface area contributed by atoms with Crippen LogP contribution in [0.1, 0.15) is 32.4 Å². The highest BCUT2D eigenvalue weighted by Gasteiger charge is 2.19. The molecule has 5 heteroatoms. The second kappa shape index (κ2) is 7.50. The van der Waals surface area contributed by atoms with Crippen LogP contribution in [0.4, 0.5) is 0 Å². The summed E-state index contributed by atoms with van der Waals surface area (Å²) in [4.78, 5) is 13.7. The maximum Gasteiger partial charge on any atom is 0.234 e. The molecule has 1 unspecified atom stereocenters. The average molecular weight is 329 g/mol. The number of halogens is 1. The van der Waals surface area contributed by atoms with Crippen LogP contribution in [0.25, 0.3) is 0 Å². The number of nitrogens with zero attached hydrogens (tertiary/aromatic N) is 1. The number of rotatable bonds is 6. The number of carbonyl (C=O) groups excluding carboxylic acids is 1. The summed E-state index contributed by atoms with van der Waals surface area (Å²) in [6.07, 6.45) is 0. The molecule has 19 heavy (non-hydrogen) atoms. The number of phenolic OH excluding ortho intramolecular Hbond substituents is 1. The summed E-state index contributed by atoms with van der Waals surface area (Å²) >= 11 is 3.40. The van der Waals surface area contributed by atoms with E-state index in [1.165, 1.54) is 0 Å². The van der Waals surface area contributed by atoms with Gasteiger partial charge in [-0.15, -0.1) is 0 Å². The molecule has 0 aliphatic heterocycles. The number of carbonyl (C=O) groups is 1. The molecular weight excluding hydrogens is 308 g/mol. The lowest BCUT2D eigenvalue weighted by molar-refractivity contribution is -0.122. The zero-order valence-corrected chi connectivity index (χ0v) is 13.2. The van der Waals surface area contributed by atoms with Crippen LogP contribution in [0.2, 0.25) is 0 Å². The Labute approximate surface area is 122 Å². The Morgan fingerprint density at radius 2 is 2.16 bits per heavy atom. The first-order valence-corrected chi connectivity index (χ1v) is 7.28. The van der Waals surface area contributed by atoms with E-state index in [0.29, 0.717) is 13.1 Å². The minimum absolute atomic E-state index is 0.00527. The van der Waals surface area contributed by atoms with E-state index in [1.807, 2.05) is 31.7 Å². The first-order valence-electron chi connectivity index (χ1n) is 6.48. The Hall–Kier alpha value is -1.07. The van der Waals surface area contributed by atoms with E-state index in [-0.39, 0.29) is 17.7 Å². The van der Waals surface area contributed by atoms with Crippen LogP contribution in [0.5, 0.6) is 5.75 Å². The monoisotopic (exact) mass is 328 g/mol. The number of hydrogen-bond acceptors (Lipinski definition) is 3. The lowest BCUT2D eigenvalue weighted by Gasteiger charge is -2.28. The molecule has 4 nitrogen and oxygen atoms in total. The molecule has 1 atom stereocenters. The Morgan fingerprint density at radius 1 is 1.47 bits per heavy atom. The van der Waals surface area contributed by atoms with Gasteiger partial charge in [-0.3, -0.25) is 9.69 Å². The third-order valence-corrected chi connectivity index (χ3v) is 3.61. The van der Waals surface area contributed by atoms with Crippen LogP contribution in [-0.4, -0.2) is 35.5 Å². The van der Waals surface area contributed by atoms with E-state index in [4.69, 9.17) is 0 Å². The molecule has 0 spiro atoms. The summed E-state index contributed by atoms with van der Waals surface area (Å²) in [7, 11) is 0. The van der Waals surface area contributed by atoms with E-state index in [0.717, 1.165) is 16.6 Å². The highest BCUT2D eigenvalue weighted by atomic mass is 79.9. The summed E-state index contributed by atoms with van der Waals surface area (Å²) < 4.78 is 0.918. The number of hydrogen-bond donors (Lipinski definition) is 2. The van der Waals surface area contributed by atoms with Gasteiger partial charge in [0.05, 0.1) is 6.54 Å². The van der Waals surface area contributed by atoms with Crippen LogP contribution in [0.15, 0.2) is 22.7 Å². The molecule has 1 rings (SSSR count). The van der Waals surface area contributed by atoms with Gasteiger partial charge >= 0.3 is 0 Å². The van der Waals surface area contributed by atoms with Crippen LogP contribution >= 0.6 is 15.9 Å². The van der Waals surface area contributed by atoms with Crippen molar-refractivity contribution < 1.29 is 9.90 Å². The Morgan fingerprint density at radius 3 is 2.74 bits per heavy atom. The number of phenols is 1. The van der Waals surface area contributed by atoms with Crippen LogP contribution < -0.4 is 5.32 Å². The van der Waals surface area contributed by atoms with Crippen molar-refractivity contribution in [2.24, 2.45) is 0 Å². The van der Waals surface area contributed by atoms with E-state index < -0.39 is 0 Å². The van der Waals surface area contributed by atoms with Gasteiger partial charge in [-0.25, -0.2) is 0 Å². The predicted molar refractivity (Wildman–Crippen MR) is 80.2 cm³/mol. The Balaban J connectivity index is 2.85. The quantitative estimate of drug-likeness (QED) is 0.844. The fourth-order valence-corrected chi connectivity index (χ4v) is 2.40. The molecular formula is C14H21BrN2O2. The Bertz CT molecular complexity index is 437. The molecule has 0 heterocycles. The van der Waals surface area contributed by atoms with Crippen molar-refractivity contribution in [1.82, 2.24) is 10.2 Å². The van der Waals surface area contributed by atoms with Crippen molar-refractivity contribution in [1.29, 1.82) is 0 Å². The van der Waals surface area contributed by atoms with Crippen LogP contribution in [-0.2, 0) is 4.79 Å². The van der Waals surface area contributed by atoms with Gasteiger partial charge in [0.2, 0.25) is 5.91 Å². The Kier molecular flexibility index (Phi) is 6.31. The second-order valence-electron chi connectivity index (χ2n) is 4.40. The normalized spacial score (nSPS) is 12.5. The molecule has 0 bridgehead atoms. The lowest BCUT2D eigenvalue weighted by Crippen LogP contribution is -2.38. The van der Waals surface area contributed by atoms with Gasteiger partial charge < -0.3 is 10.4 Å². The molecule has 1 aromatic carbocycles. The van der Waals surface area contributed by atoms with Gasteiger partial charge in [0.25, 0.3) is 0 Å². The first-order chi connectivity index (χ1) is 8.99. The number of likely N-dealkylation sites (N-methyl/N-ethyl adjacent to an activating group) is 2. The van der Waals surface area contributed by atoms with Gasteiger partial charge in [-0.05, 0) is 38.6 Å². The summed E-state index contributed by atoms with van der Waals surface area (Å²) in [6, 6.07) is 5.33. The van der Waals surface area contributed by atoms with E-state index in [2.05, 4.69) is 21.2 Å². The summed E-state index contributed by atoms with van der Waals surface area (Å²) in [5, 5.41) is 12.7. The highest BCUT2D eigenvalue weighted by molar-refractivity contribution is 9.10. The smallest absolute Gasteiger partial charge is 0.234 e. The van der Waals surface area contributed by atoms with Gasteiger partial charge in [0.1, 0.15) is 5.75 Å². The van der Waals surface area contributed by atoms with E-state index in [1.54, 1.807) is 12.1 Å². The fraction of sp³-hybridized carbons (Fsp3) is 0.500. The summed E-state index contributed by atoms with van der Waals surface area (Å²) in [6.45, 7) is 7.60. The van der Waals surface area contributed by atoms with Crippen molar-refractivity contribution in [3.63, 3.8) is 0 Å². The van der Waals surface area contributed by atoms with Gasteiger partial charge in [-0.2, -0.15) is 0 Å². The first kappa shape index (κ1) is 16.0. The van der Waals surface area contributed by atoms with Crippen molar-refractivity contribution in [2.75, 3.05) is 19.6 Å². The highest BCUT2D eigenvalue weighted by Crippen LogP contribution is 2.30. The van der Waals surface area contributed by atoms with Crippen LogP contribution in [0, 0.1) is 0 Å². The van der Waals surface area contributed by atoms with Gasteiger partial charge in [-0.1, -0.05) is 22.9 Å².